The van der Waals surface area contributed by atoms with Crippen molar-refractivity contribution < 1.29 is 18.7 Å². The SMILES string of the molecule is CCOC(=O)N1CCC(NC(=O)CCc2oc(C(C)(C)C)nc2C)CC1. The quantitative estimate of drug-likeness (QED) is 0.867. The van der Waals surface area contributed by atoms with Crippen molar-refractivity contribution in [2.75, 3.05) is 19.7 Å². The largest absolute Gasteiger partial charge is 0.450 e. The van der Waals surface area contributed by atoms with Gasteiger partial charge in [-0.3, -0.25) is 4.79 Å². The number of aryl methyl sites for hydroxylation is 2. The molecule has 1 N–H and O–H groups in total. The number of nitrogens with zero attached hydrogens (tertiary/aromatic N) is 2. The van der Waals surface area contributed by atoms with Crippen molar-refractivity contribution in [1.29, 1.82) is 0 Å². The molecule has 1 aliphatic heterocycles. The summed E-state index contributed by atoms with van der Waals surface area (Å²) in [6, 6.07) is 0.106. The lowest BCUT2D eigenvalue weighted by Gasteiger charge is -2.31. The van der Waals surface area contributed by atoms with Gasteiger partial charge in [0.05, 0.1) is 12.3 Å². The number of aromatic nitrogens is 1. The van der Waals surface area contributed by atoms with E-state index < -0.39 is 0 Å². The van der Waals surface area contributed by atoms with Crippen LogP contribution in [0.15, 0.2) is 4.42 Å². The van der Waals surface area contributed by atoms with Gasteiger partial charge in [0.15, 0.2) is 5.89 Å². The summed E-state index contributed by atoms with van der Waals surface area (Å²) in [5.41, 5.74) is 0.712. The molecule has 1 aromatic heterocycles. The highest BCUT2D eigenvalue weighted by Gasteiger charge is 2.25. The maximum atomic E-state index is 12.2. The first-order chi connectivity index (χ1) is 12.2. The van der Waals surface area contributed by atoms with Crippen LogP contribution in [-0.2, 0) is 21.4 Å². The fraction of sp³-hybridized carbons (Fsp3) is 0.737. The molecule has 0 atom stereocenters. The Morgan fingerprint density at radius 3 is 2.50 bits per heavy atom. The van der Waals surface area contributed by atoms with Crippen molar-refractivity contribution >= 4 is 12.0 Å². The van der Waals surface area contributed by atoms with E-state index in [2.05, 4.69) is 31.1 Å². The van der Waals surface area contributed by atoms with Crippen LogP contribution in [-0.4, -0.2) is 47.6 Å². The molecule has 0 saturated carbocycles. The number of hydrogen-bond donors (Lipinski definition) is 1. The molecule has 1 aliphatic rings. The zero-order valence-electron chi connectivity index (χ0n) is 16.6. The predicted octanol–water partition coefficient (Wildman–Crippen LogP) is 2.95. The Bertz CT molecular complexity index is 625. The molecule has 146 valence electrons. The number of nitrogens with one attached hydrogen (secondary N) is 1. The Hall–Kier alpha value is -2.05. The summed E-state index contributed by atoms with van der Waals surface area (Å²) < 4.78 is 10.8. The second kappa shape index (κ2) is 8.56. The van der Waals surface area contributed by atoms with Gasteiger partial charge in [-0.2, -0.15) is 0 Å². The first-order valence-corrected chi connectivity index (χ1v) is 9.38. The minimum absolute atomic E-state index is 0.00712. The van der Waals surface area contributed by atoms with Gasteiger partial charge in [0.25, 0.3) is 0 Å². The second-order valence-electron chi connectivity index (χ2n) is 7.81. The molecule has 0 bridgehead atoms. The summed E-state index contributed by atoms with van der Waals surface area (Å²) in [7, 11) is 0. The lowest BCUT2D eigenvalue weighted by Crippen LogP contribution is -2.46. The summed E-state index contributed by atoms with van der Waals surface area (Å²) in [4.78, 5) is 30.1. The normalized spacial score (nSPS) is 15.8. The van der Waals surface area contributed by atoms with E-state index in [4.69, 9.17) is 9.15 Å². The van der Waals surface area contributed by atoms with E-state index in [9.17, 15) is 9.59 Å². The van der Waals surface area contributed by atoms with Crippen molar-refractivity contribution in [2.45, 2.75) is 71.8 Å². The fourth-order valence-corrected chi connectivity index (χ4v) is 2.93. The predicted molar refractivity (Wildman–Crippen MR) is 98.0 cm³/mol. The smallest absolute Gasteiger partial charge is 0.409 e. The molecule has 0 unspecified atom stereocenters. The third kappa shape index (κ3) is 5.47. The van der Waals surface area contributed by atoms with E-state index >= 15 is 0 Å². The van der Waals surface area contributed by atoms with Gasteiger partial charge in [-0.1, -0.05) is 20.8 Å². The molecule has 0 radical (unpaired) electrons. The van der Waals surface area contributed by atoms with E-state index in [1.807, 2.05) is 6.92 Å². The number of carbonyl (C=O) groups excluding carboxylic acids is 2. The van der Waals surface area contributed by atoms with Crippen molar-refractivity contribution in [3.8, 4) is 0 Å². The fourth-order valence-electron chi connectivity index (χ4n) is 2.93. The number of rotatable bonds is 5. The first kappa shape index (κ1) is 20.3. The Morgan fingerprint density at radius 2 is 1.96 bits per heavy atom. The van der Waals surface area contributed by atoms with Gasteiger partial charge in [-0.15, -0.1) is 0 Å². The average Bonchev–Trinajstić information content (AvgIpc) is 2.95. The minimum atomic E-state index is -0.271. The molecular weight excluding hydrogens is 334 g/mol. The van der Waals surface area contributed by atoms with Gasteiger partial charge in [-0.05, 0) is 26.7 Å². The maximum absolute atomic E-state index is 12.2. The van der Waals surface area contributed by atoms with Crippen LogP contribution in [0.25, 0.3) is 0 Å². The Labute approximate surface area is 155 Å². The number of likely N-dealkylation sites (tertiary alicyclic amines) is 1. The summed E-state index contributed by atoms with van der Waals surface area (Å²) in [5, 5.41) is 3.06. The lowest BCUT2D eigenvalue weighted by molar-refractivity contribution is -0.122. The molecule has 0 spiro atoms. The number of hydrogen-bond acceptors (Lipinski definition) is 5. The molecule has 1 aromatic rings. The number of piperidine rings is 1. The third-order valence-electron chi connectivity index (χ3n) is 4.50. The highest BCUT2D eigenvalue weighted by Crippen LogP contribution is 2.24. The van der Waals surface area contributed by atoms with E-state index in [1.165, 1.54) is 0 Å². The van der Waals surface area contributed by atoms with Crippen LogP contribution in [0, 0.1) is 6.92 Å². The molecule has 0 aliphatic carbocycles. The monoisotopic (exact) mass is 365 g/mol. The Morgan fingerprint density at radius 1 is 1.31 bits per heavy atom. The third-order valence-corrected chi connectivity index (χ3v) is 4.50. The van der Waals surface area contributed by atoms with Crippen LogP contribution >= 0.6 is 0 Å². The van der Waals surface area contributed by atoms with Crippen molar-refractivity contribution in [1.82, 2.24) is 15.2 Å². The number of carbonyl (C=O) groups is 2. The summed E-state index contributed by atoms with van der Waals surface area (Å²) in [5.74, 6) is 1.49. The zero-order valence-corrected chi connectivity index (χ0v) is 16.6. The number of oxazole rings is 1. The maximum Gasteiger partial charge on any atom is 0.409 e. The molecule has 1 fully saturated rings. The molecule has 7 nitrogen and oxygen atoms in total. The summed E-state index contributed by atoms with van der Waals surface area (Å²) in [6.07, 6.45) is 2.15. The Balaban J connectivity index is 1.76. The van der Waals surface area contributed by atoms with Crippen LogP contribution in [0.2, 0.25) is 0 Å². The first-order valence-electron chi connectivity index (χ1n) is 9.38. The summed E-state index contributed by atoms with van der Waals surface area (Å²) in [6.45, 7) is 11.5. The van der Waals surface area contributed by atoms with Crippen molar-refractivity contribution in [3.05, 3.63) is 17.3 Å². The molecule has 2 heterocycles. The van der Waals surface area contributed by atoms with Crippen molar-refractivity contribution in [3.63, 3.8) is 0 Å². The molecule has 0 aromatic carbocycles. The molecule has 26 heavy (non-hydrogen) atoms. The number of amides is 2. The van der Waals surface area contributed by atoms with E-state index in [-0.39, 0.29) is 23.5 Å². The summed E-state index contributed by atoms with van der Waals surface area (Å²) >= 11 is 0. The molecule has 2 amide bonds. The van der Waals surface area contributed by atoms with Crippen LogP contribution in [0.5, 0.6) is 0 Å². The topological polar surface area (TPSA) is 84.7 Å². The number of ether oxygens (including phenoxy) is 1. The minimum Gasteiger partial charge on any atom is -0.450 e. The average molecular weight is 365 g/mol. The van der Waals surface area contributed by atoms with Crippen LogP contribution in [0.3, 0.4) is 0 Å². The van der Waals surface area contributed by atoms with Gasteiger partial charge >= 0.3 is 6.09 Å². The highest BCUT2D eigenvalue weighted by atomic mass is 16.6. The van der Waals surface area contributed by atoms with Gasteiger partial charge < -0.3 is 19.4 Å². The van der Waals surface area contributed by atoms with Gasteiger partial charge in [0.2, 0.25) is 5.91 Å². The highest BCUT2D eigenvalue weighted by molar-refractivity contribution is 5.76. The molecule has 7 heteroatoms. The standard InChI is InChI=1S/C19H31N3O4/c1-6-25-18(24)22-11-9-14(10-12-22)21-16(23)8-7-15-13(2)20-17(26-15)19(3,4)5/h14H,6-12H2,1-5H3,(H,21,23). The van der Waals surface area contributed by atoms with Gasteiger partial charge in [-0.25, -0.2) is 9.78 Å². The zero-order chi connectivity index (χ0) is 19.3. The molecular formula is C19H31N3O4. The van der Waals surface area contributed by atoms with Crippen LogP contribution in [0.4, 0.5) is 4.79 Å². The van der Waals surface area contributed by atoms with Crippen LogP contribution < -0.4 is 5.32 Å². The Kier molecular flexibility index (Phi) is 6.67. The lowest BCUT2D eigenvalue weighted by atomic mass is 9.97. The molecule has 1 saturated heterocycles. The van der Waals surface area contributed by atoms with Gasteiger partial charge in [0, 0.05) is 37.4 Å². The van der Waals surface area contributed by atoms with Gasteiger partial charge in [0.1, 0.15) is 5.76 Å². The van der Waals surface area contributed by atoms with E-state index in [1.54, 1.807) is 11.8 Å². The van der Waals surface area contributed by atoms with Crippen molar-refractivity contribution in [2.24, 2.45) is 0 Å². The van der Waals surface area contributed by atoms with E-state index in [0.29, 0.717) is 38.4 Å². The van der Waals surface area contributed by atoms with E-state index in [0.717, 1.165) is 24.3 Å². The van der Waals surface area contributed by atoms with Crippen LogP contribution in [0.1, 0.15) is 64.3 Å². The molecule has 2 rings (SSSR count). The second-order valence-corrected chi connectivity index (χ2v) is 7.81.